The zero-order valence-corrected chi connectivity index (χ0v) is 37.1. The van der Waals surface area contributed by atoms with Crippen LogP contribution in [0, 0.1) is 68.0 Å². The van der Waals surface area contributed by atoms with Crippen LogP contribution in [0.1, 0.15) is 182 Å². The Morgan fingerprint density at radius 1 is 0.333 bits per heavy atom. The molecule has 0 aliphatic heterocycles. The van der Waals surface area contributed by atoms with Crippen molar-refractivity contribution < 1.29 is 13.6 Å². The van der Waals surface area contributed by atoms with Gasteiger partial charge in [0.05, 0.1) is 0 Å². The molecule has 0 saturated heterocycles. The zero-order chi connectivity index (χ0) is 37.1. The Bertz CT molecular complexity index is 917. The van der Waals surface area contributed by atoms with Gasteiger partial charge in [-0.05, 0) is 0 Å². The summed E-state index contributed by atoms with van der Waals surface area (Å²) in [5.74, 6) is 3.52. The van der Waals surface area contributed by atoms with Gasteiger partial charge < -0.3 is 0 Å². The van der Waals surface area contributed by atoms with E-state index in [9.17, 15) is 0 Å². The third-order valence-electron chi connectivity index (χ3n) is 13.7. The first kappa shape index (κ1) is 42.7. The molecule has 0 aromatic heterocycles. The molecule has 3 fully saturated rings. The second-order valence-electron chi connectivity index (χ2n) is 24.2. The molecule has 0 heterocycles. The van der Waals surface area contributed by atoms with Gasteiger partial charge in [0.1, 0.15) is 0 Å². The van der Waals surface area contributed by atoms with Gasteiger partial charge >= 0.3 is 303 Å². The second kappa shape index (κ2) is 13.9. The maximum absolute atomic E-state index is 7.77. The fourth-order valence-electron chi connectivity index (χ4n) is 10.1. The van der Waals surface area contributed by atoms with E-state index in [-0.39, 0.29) is 34.6 Å². The van der Waals surface area contributed by atoms with Gasteiger partial charge in [-0.1, -0.05) is 0 Å². The van der Waals surface area contributed by atoms with Gasteiger partial charge in [0, 0.05) is 0 Å². The Morgan fingerprint density at radius 2 is 0.542 bits per heavy atom. The summed E-state index contributed by atoms with van der Waals surface area (Å²) in [6.07, 6.45) is 11.0. The predicted molar refractivity (Wildman–Crippen MR) is 213 cm³/mol. The van der Waals surface area contributed by atoms with E-state index < -0.39 is 7.28 Å². The monoisotopic (exact) mass is 695 g/mol. The van der Waals surface area contributed by atoms with Crippen LogP contribution >= 0.6 is 7.28 Å². The average molecular weight is 695 g/mol. The number of hydrogen-bond acceptors (Lipinski definition) is 3. The fourth-order valence-corrected chi connectivity index (χ4v) is 13.3. The minimum atomic E-state index is -3.60. The molecule has 0 spiro atoms. The van der Waals surface area contributed by atoms with E-state index in [1.165, 1.54) is 38.5 Å². The molecule has 3 saturated carbocycles. The van der Waals surface area contributed by atoms with E-state index in [0.717, 1.165) is 19.3 Å². The molecule has 3 rings (SSSR count). The maximum atomic E-state index is 7.77. The van der Waals surface area contributed by atoms with Crippen LogP contribution in [0.4, 0.5) is 0 Å². The van der Waals surface area contributed by atoms with Gasteiger partial charge in [-0.15, -0.1) is 0 Å². The second-order valence-corrected chi connectivity index (χ2v) is 28.4. The minimum absolute atomic E-state index is 0.147. The molecule has 0 amide bonds. The SMILES string of the molecule is CC(C)(C)C1CCC(OP(C)(C)(OC2CCC(C(C)(C)C)CC2C(C)(C)C)OC2CCC(C(C)(C)C)CC2C(C)(C)C)C(C(C)(C)C)C1. The molecule has 0 aromatic rings. The van der Waals surface area contributed by atoms with Crippen LogP contribution in [-0.4, -0.2) is 31.6 Å². The topological polar surface area (TPSA) is 27.7 Å². The van der Waals surface area contributed by atoms with Crippen LogP contribution in [0.25, 0.3) is 0 Å². The number of hydrogen-bond donors (Lipinski definition) is 0. The molecule has 3 nitrogen and oxygen atoms in total. The first-order valence-corrected chi connectivity index (χ1v) is 23.2. The zero-order valence-electron chi connectivity index (χ0n) is 36.2. The van der Waals surface area contributed by atoms with Crippen molar-refractivity contribution in [3.8, 4) is 0 Å². The van der Waals surface area contributed by atoms with Crippen molar-refractivity contribution >= 4 is 7.28 Å². The Balaban J connectivity index is 2.08. The van der Waals surface area contributed by atoms with Crippen molar-refractivity contribution in [2.75, 3.05) is 13.3 Å². The van der Waals surface area contributed by atoms with Crippen LogP contribution < -0.4 is 0 Å². The summed E-state index contributed by atoms with van der Waals surface area (Å²) in [6, 6.07) is 0. The van der Waals surface area contributed by atoms with Crippen molar-refractivity contribution in [3.63, 3.8) is 0 Å². The van der Waals surface area contributed by atoms with Gasteiger partial charge in [-0.2, -0.15) is 0 Å². The normalized spacial score (nSPS) is 34.8. The van der Waals surface area contributed by atoms with Gasteiger partial charge in [-0.3, -0.25) is 0 Å². The quantitative estimate of drug-likeness (QED) is 0.259. The van der Waals surface area contributed by atoms with Crippen LogP contribution in [0.15, 0.2) is 0 Å². The van der Waals surface area contributed by atoms with Gasteiger partial charge in [-0.25, -0.2) is 0 Å². The summed E-state index contributed by atoms with van der Waals surface area (Å²) in [4.78, 5) is 0. The molecule has 48 heavy (non-hydrogen) atoms. The van der Waals surface area contributed by atoms with Crippen LogP contribution in [0.2, 0.25) is 0 Å². The molecule has 0 aromatic carbocycles. The van der Waals surface area contributed by atoms with E-state index in [1.807, 2.05) is 0 Å². The molecule has 9 atom stereocenters. The van der Waals surface area contributed by atoms with E-state index in [0.29, 0.717) is 51.8 Å². The summed E-state index contributed by atoms with van der Waals surface area (Å²) in [6.45, 7) is 48.5. The third kappa shape index (κ3) is 10.9. The summed E-state index contributed by atoms with van der Waals surface area (Å²) in [5.41, 5.74) is 1.37. The Kier molecular flexibility index (Phi) is 12.4. The molecular formula is C44H87O3P. The molecule has 4 heteroatoms. The molecule has 0 N–H and O–H groups in total. The molecule has 286 valence electrons. The predicted octanol–water partition coefficient (Wildman–Crippen LogP) is 14.2. The molecule has 0 bridgehead atoms. The van der Waals surface area contributed by atoms with Crippen molar-refractivity contribution in [1.29, 1.82) is 0 Å². The standard InChI is InChI=1S/C44H87O3P/c1-39(2,3)30-21-24-36(33(27-30)42(10,11)12)45-48(19,20,46-37-25-22-31(40(4,5)6)28-34(37)43(13,14)15)47-38-26-23-32(41(7,8)9)29-35(38)44(16,17)18/h30-38H,21-29H2,1-20H3. The van der Waals surface area contributed by atoms with E-state index in [4.69, 9.17) is 13.6 Å². The van der Waals surface area contributed by atoms with Crippen LogP contribution in [0.5, 0.6) is 0 Å². The average Bonchev–Trinajstić information content (AvgIpc) is 2.85. The molecule has 0 radical (unpaired) electrons. The Labute approximate surface area is 302 Å². The fraction of sp³-hybridized carbons (Fsp3) is 1.00. The van der Waals surface area contributed by atoms with Gasteiger partial charge in [0.2, 0.25) is 0 Å². The van der Waals surface area contributed by atoms with Crippen LogP contribution in [-0.2, 0) is 13.6 Å². The Morgan fingerprint density at radius 3 is 0.708 bits per heavy atom. The first-order valence-electron chi connectivity index (χ1n) is 20.3. The third-order valence-corrected chi connectivity index (χ3v) is 16.3. The van der Waals surface area contributed by atoms with Crippen molar-refractivity contribution in [2.24, 2.45) is 68.0 Å². The summed E-state index contributed by atoms with van der Waals surface area (Å²) in [7, 11) is -3.60. The molecular weight excluding hydrogens is 607 g/mol. The van der Waals surface area contributed by atoms with E-state index in [1.54, 1.807) is 0 Å². The first-order chi connectivity index (χ1) is 21.2. The van der Waals surface area contributed by atoms with Gasteiger partial charge in [0.25, 0.3) is 0 Å². The summed E-state index contributed by atoms with van der Waals surface area (Å²) >= 11 is 0. The van der Waals surface area contributed by atoms with Crippen molar-refractivity contribution in [1.82, 2.24) is 0 Å². The van der Waals surface area contributed by atoms with E-state index in [2.05, 4.69) is 138 Å². The van der Waals surface area contributed by atoms with Crippen molar-refractivity contribution in [2.45, 2.75) is 201 Å². The van der Waals surface area contributed by atoms with Crippen molar-refractivity contribution in [3.05, 3.63) is 0 Å². The van der Waals surface area contributed by atoms with Gasteiger partial charge in [0.15, 0.2) is 0 Å². The number of rotatable bonds is 6. The summed E-state index contributed by atoms with van der Waals surface area (Å²) < 4.78 is 23.3. The van der Waals surface area contributed by atoms with E-state index >= 15 is 0 Å². The van der Waals surface area contributed by atoms with Crippen LogP contribution in [0.3, 0.4) is 0 Å². The molecule has 9 unspecified atom stereocenters. The summed E-state index contributed by atoms with van der Waals surface area (Å²) in [5, 5.41) is 0. The molecule has 3 aliphatic carbocycles. The Hall–Kier alpha value is 0.310. The molecule has 3 aliphatic rings.